The van der Waals surface area contributed by atoms with Crippen LogP contribution in [-0.2, 0) is 11.2 Å². The maximum Gasteiger partial charge on any atom is 0.251 e. The standard InChI is InChI=1S/C20H22N2O3/c1-12-7-8-15(9-13(12)2)20(25)21-11-18(23)22-17-10-14-5-3-4-6-16(14)19(17)24/h3-9,17,19,24H,10-11H2,1-2H3,(H,21,25)(H,22,23)/t17-,19-/m1/s1. The molecule has 25 heavy (non-hydrogen) atoms. The first-order chi connectivity index (χ1) is 12.0. The van der Waals surface area contributed by atoms with Gasteiger partial charge in [-0.1, -0.05) is 30.3 Å². The Morgan fingerprint density at radius 1 is 1.12 bits per heavy atom. The normalized spacial score (nSPS) is 18.5. The van der Waals surface area contributed by atoms with E-state index in [1.54, 1.807) is 12.1 Å². The van der Waals surface area contributed by atoms with Crippen LogP contribution in [0.15, 0.2) is 42.5 Å². The molecule has 3 rings (SSSR count). The van der Waals surface area contributed by atoms with E-state index in [2.05, 4.69) is 10.6 Å². The average molecular weight is 338 g/mol. The summed E-state index contributed by atoms with van der Waals surface area (Å²) in [5.41, 5.74) is 4.57. The number of carbonyl (C=O) groups excluding carboxylic acids is 2. The zero-order valence-corrected chi connectivity index (χ0v) is 14.4. The number of hydrogen-bond donors (Lipinski definition) is 3. The van der Waals surface area contributed by atoms with Crippen LogP contribution in [0, 0.1) is 13.8 Å². The first-order valence-electron chi connectivity index (χ1n) is 8.36. The Bertz CT molecular complexity index is 816. The first-order valence-corrected chi connectivity index (χ1v) is 8.36. The molecule has 0 saturated carbocycles. The van der Waals surface area contributed by atoms with Crippen molar-refractivity contribution in [2.24, 2.45) is 0 Å². The molecule has 5 nitrogen and oxygen atoms in total. The molecule has 0 saturated heterocycles. The highest BCUT2D eigenvalue weighted by molar-refractivity contribution is 5.96. The zero-order valence-electron chi connectivity index (χ0n) is 14.4. The minimum Gasteiger partial charge on any atom is -0.386 e. The van der Waals surface area contributed by atoms with Crippen LogP contribution < -0.4 is 10.6 Å². The van der Waals surface area contributed by atoms with Crippen LogP contribution in [0.5, 0.6) is 0 Å². The van der Waals surface area contributed by atoms with E-state index in [1.165, 1.54) is 0 Å². The van der Waals surface area contributed by atoms with Gasteiger partial charge in [0.1, 0.15) is 0 Å². The third-order valence-electron chi connectivity index (χ3n) is 4.72. The largest absolute Gasteiger partial charge is 0.386 e. The molecule has 0 unspecified atom stereocenters. The maximum absolute atomic E-state index is 12.2. The number of benzene rings is 2. The lowest BCUT2D eigenvalue weighted by molar-refractivity contribution is -0.121. The number of amides is 2. The number of fused-ring (bicyclic) bond motifs is 1. The molecule has 5 heteroatoms. The molecule has 0 heterocycles. The second-order valence-corrected chi connectivity index (χ2v) is 6.50. The van der Waals surface area contributed by atoms with Gasteiger partial charge in [-0.2, -0.15) is 0 Å². The Morgan fingerprint density at radius 2 is 1.88 bits per heavy atom. The predicted molar refractivity (Wildman–Crippen MR) is 95.3 cm³/mol. The van der Waals surface area contributed by atoms with Gasteiger partial charge in [0, 0.05) is 5.56 Å². The van der Waals surface area contributed by atoms with Crippen LogP contribution >= 0.6 is 0 Å². The Balaban J connectivity index is 1.53. The Morgan fingerprint density at radius 3 is 2.60 bits per heavy atom. The summed E-state index contributed by atoms with van der Waals surface area (Å²) in [6.07, 6.45) is -0.121. The lowest BCUT2D eigenvalue weighted by Crippen LogP contribution is -2.43. The van der Waals surface area contributed by atoms with Crippen molar-refractivity contribution in [1.82, 2.24) is 10.6 Å². The highest BCUT2D eigenvalue weighted by Gasteiger charge is 2.31. The van der Waals surface area contributed by atoms with Gasteiger partial charge in [0.2, 0.25) is 5.91 Å². The molecule has 1 aliphatic carbocycles. The number of hydrogen-bond acceptors (Lipinski definition) is 3. The molecular weight excluding hydrogens is 316 g/mol. The van der Waals surface area contributed by atoms with Crippen molar-refractivity contribution >= 4 is 11.8 Å². The molecule has 0 aliphatic heterocycles. The fourth-order valence-electron chi connectivity index (χ4n) is 3.11. The van der Waals surface area contributed by atoms with E-state index in [9.17, 15) is 14.7 Å². The molecule has 0 radical (unpaired) electrons. The molecule has 0 spiro atoms. The van der Waals surface area contributed by atoms with Crippen LogP contribution in [0.4, 0.5) is 0 Å². The summed E-state index contributed by atoms with van der Waals surface area (Å²) < 4.78 is 0. The number of carbonyl (C=O) groups is 2. The summed E-state index contributed by atoms with van der Waals surface area (Å²) >= 11 is 0. The fourth-order valence-corrected chi connectivity index (χ4v) is 3.11. The van der Waals surface area contributed by atoms with Gasteiger partial charge in [-0.3, -0.25) is 9.59 Å². The molecule has 2 aromatic rings. The Kier molecular flexibility index (Phi) is 4.86. The first kappa shape index (κ1) is 17.2. The molecule has 0 aromatic heterocycles. The summed E-state index contributed by atoms with van der Waals surface area (Å²) in [6, 6.07) is 12.7. The van der Waals surface area contributed by atoms with E-state index in [0.717, 1.165) is 22.3 Å². The van der Waals surface area contributed by atoms with Crippen molar-refractivity contribution in [3.05, 3.63) is 70.3 Å². The third-order valence-corrected chi connectivity index (χ3v) is 4.72. The van der Waals surface area contributed by atoms with E-state index in [4.69, 9.17) is 0 Å². The van der Waals surface area contributed by atoms with E-state index >= 15 is 0 Å². The predicted octanol–water partition coefficient (Wildman–Crippen LogP) is 1.81. The summed E-state index contributed by atoms with van der Waals surface area (Å²) in [4.78, 5) is 24.3. The van der Waals surface area contributed by atoms with Crippen LogP contribution in [-0.4, -0.2) is 29.5 Å². The number of aliphatic hydroxyl groups is 1. The summed E-state index contributed by atoms with van der Waals surface area (Å²) in [6.45, 7) is 3.80. The second-order valence-electron chi connectivity index (χ2n) is 6.50. The van der Waals surface area contributed by atoms with Crippen molar-refractivity contribution in [2.45, 2.75) is 32.4 Å². The van der Waals surface area contributed by atoms with Gasteiger partial charge in [-0.25, -0.2) is 0 Å². The van der Waals surface area contributed by atoms with Gasteiger partial charge in [0.15, 0.2) is 0 Å². The molecule has 130 valence electrons. The molecule has 0 fully saturated rings. The molecule has 2 atom stereocenters. The number of rotatable bonds is 4. The van der Waals surface area contributed by atoms with E-state index in [0.29, 0.717) is 12.0 Å². The molecule has 1 aliphatic rings. The molecule has 0 bridgehead atoms. The fraction of sp³-hybridized carbons (Fsp3) is 0.300. The van der Waals surface area contributed by atoms with Crippen molar-refractivity contribution < 1.29 is 14.7 Å². The van der Waals surface area contributed by atoms with Crippen LogP contribution in [0.2, 0.25) is 0 Å². The summed E-state index contributed by atoms with van der Waals surface area (Å²) in [7, 11) is 0. The molecule has 3 N–H and O–H groups in total. The van der Waals surface area contributed by atoms with Gasteiger partial charge < -0.3 is 15.7 Å². The minimum absolute atomic E-state index is 0.120. The minimum atomic E-state index is -0.712. The summed E-state index contributed by atoms with van der Waals surface area (Å²) in [5, 5.41) is 15.7. The second kappa shape index (κ2) is 7.07. The smallest absolute Gasteiger partial charge is 0.251 e. The number of aryl methyl sites for hydroxylation is 2. The molecular formula is C20H22N2O3. The van der Waals surface area contributed by atoms with E-state index in [1.807, 2.05) is 44.2 Å². The number of aliphatic hydroxyl groups excluding tert-OH is 1. The topological polar surface area (TPSA) is 78.4 Å². The average Bonchev–Trinajstić information content (AvgIpc) is 2.91. The summed E-state index contributed by atoms with van der Waals surface area (Å²) in [5.74, 6) is -0.595. The van der Waals surface area contributed by atoms with Gasteiger partial charge in [-0.15, -0.1) is 0 Å². The number of nitrogens with one attached hydrogen (secondary N) is 2. The highest BCUT2D eigenvalue weighted by atomic mass is 16.3. The van der Waals surface area contributed by atoms with Crippen molar-refractivity contribution in [3.8, 4) is 0 Å². The highest BCUT2D eigenvalue weighted by Crippen LogP contribution is 2.30. The van der Waals surface area contributed by atoms with Crippen LogP contribution in [0.3, 0.4) is 0 Å². The van der Waals surface area contributed by atoms with Crippen molar-refractivity contribution in [3.63, 3.8) is 0 Å². The Hall–Kier alpha value is -2.66. The van der Waals surface area contributed by atoms with Gasteiger partial charge in [0.05, 0.1) is 18.7 Å². The maximum atomic E-state index is 12.2. The van der Waals surface area contributed by atoms with Gasteiger partial charge in [-0.05, 0) is 54.7 Å². The molecule has 2 aromatic carbocycles. The quantitative estimate of drug-likeness (QED) is 0.795. The van der Waals surface area contributed by atoms with E-state index < -0.39 is 6.10 Å². The molecule has 2 amide bonds. The lowest BCUT2D eigenvalue weighted by atomic mass is 10.1. The Labute approximate surface area is 147 Å². The SMILES string of the molecule is Cc1ccc(C(=O)NCC(=O)N[C@@H]2Cc3ccccc3[C@H]2O)cc1C. The van der Waals surface area contributed by atoms with Crippen molar-refractivity contribution in [2.75, 3.05) is 6.54 Å². The van der Waals surface area contributed by atoms with Gasteiger partial charge >= 0.3 is 0 Å². The lowest BCUT2D eigenvalue weighted by Gasteiger charge is -2.17. The van der Waals surface area contributed by atoms with E-state index in [-0.39, 0.29) is 24.4 Å². The third kappa shape index (κ3) is 3.72. The van der Waals surface area contributed by atoms with Crippen LogP contribution in [0.1, 0.15) is 38.7 Å². The van der Waals surface area contributed by atoms with Crippen LogP contribution in [0.25, 0.3) is 0 Å². The van der Waals surface area contributed by atoms with Gasteiger partial charge in [0.25, 0.3) is 5.91 Å². The van der Waals surface area contributed by atoms with Crippen molar-refractivity contribution in [1.29, 1.82) is 0 Å². The zero-order chi connectivity index (χ0) is 18.0. The monoisotopic (exact) mass is 338 g/mol.